The van der Waals surface area contributed by atoms with Crippen LogP contribution in [0.1, 0.15) is 16.8 Å². The maximum atomic E-state index is 12.2. The largest absolute Gasteiger partial charge is 0.387 e. The molecule has 1 aromatic carbocycles. The van der Waals surface area contributed by atoms with Gasteiger partial charge in [0.05, 0.1) is 11.3 Å². The van der Waals surface area contributed by atoms with Gasteiger partial charge in [0.1, 0.15) is 0 Å². The molecule has 6 heteroatoms. The number of amides is 1. The fraction of sp³-hybridized carbons (Fsp3) is 0.333. The number of nitrogens with one attached hydrogen (secondary N) is 1. The Hall–Kier alpha value is -1.79. The van der Waals surface area contributed by atoms with E-state index in [0.717, 1.165) is 17.9 Å². The Morgan fingerprint density at radius 2 is 2.38 bits per heavy atom. The van der Waals surface area contributed by atoms with Crippen molar-refractivity contribution < 1.29 is 9.90 Å². The molecular weight excluding hydrogens is 286 g/mol. The van der Waals surface area contributed by atoms with Gasteiger partial charge >= 0.3 is 0 Å². The Morgan fingerprint density at radius 1 is 1.48 bits per heavy atom. The first-order chi connectivity index (χ1) is 10.2. The predicted octanol–water partition coefficient (Wildman–Crippen LogP) is 1.47. The Labute approximate surface area is 127 Å². The van der Waals surface area contributed by atoms with Crippen LogP contribution >= 0.6 is 11.8 Å². The summed E-state index contributed by atoms with van der Waals surface area (Å²) in [5.41, 5.74) is 0.639. The van der Waals surface area contributed by atoms with Crippen LogP contribution in [0, 0.1) is 0 Å². The van der Waals surface area contributed by atoms with Crippen LogP contribution in [-0.4, -0.2) is 44.4 Å². The lowest BCUT2D eigenvalue weighted by Gasteiger charge is -2.21. The van der Waals surface area contributed by atoms with E-state index >= 15 is 0 Å². The highest BCUT2D eigenvalue weighted by Gasteiger charge is 2.32. The monoisotopic (exact) mass is 303 g/mol. The van der Waals surface area contributed by atoms with Gasteiger partial charge in [-0.2, -0.15) is 16.9 Å². The van der Waals surface area contributed by atoms with Crippen LogP contribution in [0.5, 0.6) is 0 Å². The van der Waals surface area contributed by atoms with Crippen LogP contribution < -0.4 is 5.32 Å². The average Bonchev–Trinajstić information content (AvgIpc) is 3.17. The minimum atomic E-state index is -0.764. The molecule has 0 spiro atoms. The lowest BCUT2D eigenvalue weighted by molar-refractivity contribution is 0.0612. The molecule has 2 aromatic rings. The zero-order chi connectivity index (χ0) is 14.7. The Bertz CT molecular complexity index is 622. The van der Waals surface area contributed by atoms with E-state index in [1.54, 1.807) is 34.8 Å². The third-order valence-corrected chi connectivity index (χ3v) is 4.77. The summed E-state index contributed by atoms with van der Waals surface area (Å²) < 4.78 is 1.71. The van der Waals surface area contributed by atoms with Gasteiger partial charge in [0.2, 0.25) is 0 Å². The highest BCUT2D eigenvalue weighted by Crippen LogP contribution is 2.27. The molecule has 0 unspecified atom stereocenters. The van der Waals surface area contributed by atoms with Crippen LogP contribution in [0.15, 0.2) is 42.7 Å². The van der Waals surface area contributed by atoms with Gasteiger partial charge in [-0.1, -0.05) is 6.07 Å². The first-order valence-corrected chi connectivity index (χ1v) is 8.00. The number of nitrogens with zero attached hydrogens (tertiary/aromatic N) is 2. The average molecular weight is 303 g/mol. The molecule has 2 N–H and O–H groups in total. The van der Waals surface area contributed by atoms with Gasteiger partial charge in [-0.3, -0.25) is 4.79 Å². The summed E-state index contributed by atoms with van der Waals surface area (Å²) in [5.74, 6) is 1.45. The van der Waals surface area contributed by atoms with Crippen molar-refractivity contribution in [2.24, 2.45) is 0 Å². The van der Waals surface area contributed by atoms with Gasteiger partial charge in [-0.15, -0.1) is 0 Å². The van der Waals surface area contributed by atoms with E-state index in [1.165, 1.54) is 0 Å². The Balaban J connectivity index is 1.69. The van der Waals surface area contributed by atoms with E-state index in [-0.39, 0.29) is 5.91 Å². The van der Waals surface area contributed by atoms with Gasteiger partial charge in [0.15, 0.2) is 0 Å². The van der Waals surface area contributed by atoms with Gasteiger partial charge in [-0.25, -0.2) is 4.68 Å². The second-order valence-electron chi connectivity index (χ2n) is 5.21. The number of hydrogen-bond donors (Lipinski definition) is 2. The lowest BCUT2D eigenvalue weighted by atomic mass is 10.0. The third kappa shape index (κ3) is 3.28. The van der Waals surface area contributed by atoms with Crippen molar-refractivity contribution in [2.75, 3.05) is 18.1 Å². The fourth-order valence-corrected chi connectivity index (χ4v) is 3.59. The summed E-state index contributed by atoms with van der Waals surface area (Å²) in [6.45, 7) is 0.296. The topological polar surface area (TPSA) is 67.2 Å². The molecule has 1 aromatic heterocycles. The van der Waals surface area contributed by atoms with Crippen LogP contribution in [0.25, 0.3) is 5.69 Å². The molecule has 1 saturated heterocycles. The summed E-state index contributed by atoms with van der Waals surface area (Å²) in [7, 11) is 0. The molecule has 2 heterocycles. The summed E-state index contributed by atoms with van der Waals surface area (Å²) >= 11 is 1.72. The number of thioether (sulfide) groups is 1. The van der Waals surface area contributed by atoms with Crippen LogP contribution in [0.2, 0.25) is 0 Å². The fourth-order valence-electron chi connectivity index (χ4n) is 2.29. The van der Waals surface area contributed by atoms with Gasteiger partial charge in [0, 0.05) is 30.3 Å². The standard InChI is InChI=1S/C15H17N3O2S/c19-14(16-10-15(20)5-8-21-11-15)12-3-1-4-13(9-12)18-7-2-6-17-18/h1-4,6-7,9,20H,5,8,10-11H2,(H,16,19)/t15-/m1/s1. The number of rotatable bonds is 4. The van der Waals surface area contributed by atoms with E-state index in [2.05, 4.69) is 10.4 Å². The van der Waals surface area contributed by atoms with E-state index in [4.69, 9.17) is 0 Å². The molecule has 0 radical (unpaired) electrons. The van der Waals surface area contributed by atoms with Crippen LogP contribution in [0.4, 0.5) is 0 Å². The second-order valence-corrected chi connectivity index (χ2v) is 6.32. The first kappa shape index (κ1) is 14.2. The van der Waals surface area contributed by atoms with E-state index in [1.807, 2.05) is 24.4 Å². The van der Waals surface area contributed by atoms with Crippen molar-refractivity contribution in [3.05, 3.63) is 48.3 Å². The normalized spacial score (nSPS) is 21.4. The van der Waals surface area contributed by atoms with E-state index in [9.17, 15) is 9.90 Å². The van der Waals surface area contributed by atoms with Crippen LogP contribution in [-0.2, 0) is 0 Å². The van der Waals surface area contributed by atoms with Gasteiger partial charge < -0.3 is 10.4 Å². The maximum absolute atomic E-state index is 12.2. The molecule has 1 atom stereocenters. The van der Waals surface area contributed by atoms with E-state index in [0.29, 0.717) is 17.9 Å². The van der Waals surface area contributed by atoms with Crippen molar-refractivity contribution >= 4 is 17.7 Å². The quantitative estimate of drug-likeness (QED) is 0.897. The Morgan fingerprint density at radius 3 is 3.10 bits per heavy atom. The smallest absolute Gasteiger partial charge is 0.251 e. The summed E-state index contributed by atoms with van der Waals surface area (Å²) in [6.07, 6.45) is 4.25. The minimum absolute atomic E-state index is 0.172. The molecule has 21 heavy (non-hydrogen) atoms. The van der Waals surface area contributed by atoms with Crippen molar-refractivity contribution in [3.63, 3.8) is 0 Å². The maximum Gasteiger partial charge on any atom is 0.251 e. The number of carbonyl (C=O) groups excluding carboxylic acids is 1. The molecule has 5 nitrogen and oxygen atoms in total. The molecule has 1 fully saturated rings. The van der Waals surface area contributed by atoms with Crippen molar-refractivity contribution in [1.29, 1.82) is 0 Å². The highest BCUT2D eigenvalue weighted by atomic mass is 32.2. The number of benzene rings is 1. The molecule has 1 aliphatic heterocycles. The molecular formula is C15H17N3O2S. The van der Waals surface area contributed by atoms with Crippen molar-refractivity contribution in [3.8, 4) is 5.69 Å². The van der Waals surface area contributed by atoms with Gasteiger partial charge in [0.25, 0.3) is 5.91 Å². The van der Waals surface area contributed by atoms with Crippen molar-refractivity contribution in [2.45, 2.75) is 12.0 Å². The number of hydrogen-bond acceptors (Lipinski definition) is 4. The zero-order valence-electron chi connectivity index (χ0n) is 11.5. The highest BCUT2D eigenvalue weighted by molar-refractivity contribution is 7.99. The van der Waals surface area contributed by atoms with Gasteiger partial charge in [-0.05, 0) is 36.4 Å². The van der Waals surface area contributed by atoms with Crippen LogP contribution in [0.3, 0.4) is 0 Å². The van der Waals surface area contributed by atoms with E-state index < -0.39 is 5.60 Å². The molecule has 1 amide bonds. The SMILES string of the molecule is O=C(NC[C@]1(O)CCSC1)c1cccc(-n2cccn2)c1. The first-order valence-electron chi connectivity index (χ1n) is 6.85. The molecule has 0 bridgehead atoms. The zero-order valence-corrected chi connectivity index (χ0v) is 12.3. The summed E-state index contributed by atoms with van der Waals surface area (Å²) in [6, 6.07) is 9.10. The number of carbonyl (C=O) groups is 1. The minimum Gasteiger partial charge on any atom is -0.387 e. The van der Waals surface area contributed by atoms with Crippen molar-refractivity contribution in [1.82, 2.24) is 15.1 Å². The third-order valence-electron chi connectivity index (χ3n) is 3.54. The molecule has 3 rings (SSSR count). The Kier molecular flexibility index (Phi) is 3.98. The number of aromatic nitrogens is 2. The predicted molar refractivity (Wildman–Crippen MR) is 82.8 cm³/mol. The number of aliphatic hydroxyl groups is 1. The molecule has 0 saturated carbocycles. The molecule has 1 aliphatic rings. The molecule has 110 valence electrons. The summed E-state index contributed by atoms with van der Waals surface area (Å²) in [4.78, 5) is 12.2. The summed E-state index contributed by atoms with van der Waals surface area (Å²) in [5, 5.41) is 17.2. The second kappa shape index (κ2) is 5.91. The molecule has 0 aliphatic carbocycles. The lowest BCUT2D eigenvalue weighted by Crippen LogP contribution is -2.42.